The van der Waals surface area contributed by atoms with Crippen LogP contribution < -0.4 is 4.90 Å². The van der Waals surface area contributed by atoms with E-state index in [1.54, 1.807) is 0 Å². The maximum Gasteiger partial charge on any atom is 0.0726 e. The van der Waals surface area contributed by atoms with Gasteiger partial charge in [0, 0.05) is 16.8 Å². The maximum absolute atomic E-state index is 2.56. The highest BCUT2D eigenvalue weighted by molar-refractivity contribution is 5.99. The van der Waals surface area contributed by atoms with Crippen LogP contribution in [0.4, 0.5) is 17.1 Å². The van der Waals surface area contributed by atoms with Crippen LogP contribution in [0, 0.1) is 13.8 Å². The van der Waals surface area contributed by atoms with E-state index in [-0.39, 0.29) is 5.41 Å². The highest BCUT2D eigenvalue weighted by Gasteiger charge is 2.51. The molecule has 0 saturated carbocycles. The molecule has 0 aliphatic heterocycles. The van der Waals surface area contributed by atoms with Gasteiger partial charge in [-0.05, 0) is 150 Å². The fraction of sp³-hybridized carbons (Fsp3) is 0.103. The van der Waals surface area contributed by atoms with E-state index in [0.29, 0.717) is 0 Å². The van der Waals surface area contributed by atoms with Gasteiger partial charge in [0.25, 0.3) is 0 Å². The van der Waals surface area contributed by atoms with Gasteiger partial charge < -0.3 is 4.90 Å². The van der Waals surface area contributed by atoms with Crippen LogP contribution in [0.3, 0.4) is 0 Å². The fourth-order valence-corrected chi connectivity index (χ4v) is 11.4. The first-order valence-corrected chi connectivity index (χ1v) is 20.9. The Labute approximate surface area is 346 Å². The first kappa shape index (κ1) is 34.1. The molecule has 0 fully saturated rings. The molecular formula is C58H43N. The monoisotopic (exact) mass is 753 g/mol. The number of hydrogen-bond donors (Lipinski definition) is 0. The van der Waals surface area contributed by atoms with Crippen LogP contribution in [0.1, 0.15) is 58.4 Å². The number of nitrogens with zero attached hydrogens (tertiary/aromatic N) is 1. The largest absolute Gasteiger partial charge is 0.310 e. The molecular weight excluding hydrogens is 711 g/mol. The second-order valence-corrected chi connectivity index (χ2v) is 17.3. The quantitative estimate of drug-likeness (QED) is 0.173. The number of benzene rings is 9. The van der Waals surface area contributed by atoms with Crippen molar-refractivity contribution < 1.29 is 0 Å². The SMILES string of the molecule is Cc1cc(-c2cccc3ccccc23)cc(C)c1N(c1ccc2c(c1)C(C)(C)c1ccccc1-2)c1ccc2c(c1)C1(c3ccccc3-c3ccccc31)c1ccccc1-2. The Bertz CT molecular complexity index is 3140. The highest BCUT2D eigenvalue weighted by Crippen LogP contribution is 2.63. The van der Waals surface area contributed by atoms with Crippen molar-refractivity contribution in [2.24, 2.45) is 0 Å². The van der Waals surface area contributed by atoms with Crippen LogP contribution in [-0.2, 0) is 10.8 Å². The molecule has 280 valence electrons. The van der Waals surface area contributed by atoms with Gasteiger partial charge >= 0.3 is 0 Å². The predicted molar refractivity (Wildman–Crippen MR) is 247 cm³/mol. The van der Waals surface area contributed by atoms with Crippen LogP contribution in [0.2, 0.25) is 0 Å². The normalized spacial score (nSPS) is 14.4. The van der Waals surface area contributed by atoms with E-state index in [9.17, 15) is 0 Å². The molecule has 0 bridgehead atoms. The summed E-state index contributed by atoms with van der Waals surface area (Å²) >= 11 is 0. The molecule has 9 aromatic carbocycles. The number of fused-ring (bicyclic) bond motifs is 14. The minimum atomic E-state index is -0.426. The summed E-state index contributed by atoms with van der Waals surface area (Å²) in [6.45, 7) is 9.36. The van der Waals surface area contributed by atoms with Crippen molar-refractivity contribution in [3.05, 3.63) is 233 Å². The van der Waals surface area contributed by atoms with E-state index in [1.807, 2.05) is 0 Å². The Hall–Kier alpha value is -6.96. The van der Waals surface area contributed by atoms with Crippen LogP contribution in [0.15, 0.2) is 188 Å². The Morgan fingerprint density at radius 2 is 0.780 bits per heavy atom. The summed E-state index contributed by atoms with van der Waals surface area (Å²) in [6, 6.07) is 70.9. The maximum atomic E-state index is 2.56. The number of aryl methyl sites for hydroxylation is 2. The topological polar surface area (TPSA) is 3.24 Å². The summed E-state index contributed by atoms with van der Waals surface area (Å²) in [5, 5.41) is 2.54. The van der Waals surface area contributed by atoms with E-state index >= 15 is 0 Å². The minimum Gasteiger partial charge on any atom is -0.310 e. The van der Waals surface area contributed by atoms with E-state index in [0.717, 1.165) is 5.69 Å². The molecule has 1 heteroatoms. The Morgan fingerprint density at radius 3 is 1.37 bits per heavy atom. The Morgan fingerprint density at radius 1 is 0.356 bits per heavy atom. The summed E-state index contributed by atoms with van der Waals surface area (Å²) in [6.07, 6.45) is 0. The summed E-state index contributed by atoms with van der Waals surface area (Å²) in [5.41, 5.74) is 24.1. The van der Waals surface area contributed by atoms with Crippen molar-refractivity contribution >= 4 is 27.8 Å². The molecule has 0 atom stereocenters. The smallest absolute Gasteiger partial charge is 0.0726 e. The predicted octanol–water partition coefficient (Wildman–Crippen LogP) is 15.2. The average molecular weight is 754 g/mol. The van der Waals surface area contributed by atoms with E-state index in [2.05, 4.69) is 221 Å². The van der Waals surface area contributed by atoms with E-state index < -0.39 is 5.41 Å². The number of anilines is 3. The Kier molecular flexibility index (Phi) is 7.10. The lowest BCUT2D eigenvalue weighted by Gasteiger charge is -2.33. The lowest BCUT2D eigenvalue weighted by Crippen LogP contribution is -2.26. The lowest BCUT2D eigenvalue weighted by molar-refractivity contribution is 0.660. The second-order valence-electron chi connectivity index (χ2n) is 17.3. The van der Waals surface area contributed by atoms with Gasteiger partial charge in [0.2, 0.25) is 0 Å². The zero-order valence-electron chi connectivity index (χ0n) is 33.8. The van der Waals surface area contributed by atoms with E-state index in [4.69, 9.17) is 0 Å². The Balaban J connectivity index is 1.12. The molecule has 0 radical (unpaired) electrons. The third-order valence-electron chi connectivity index (χ3n) is 13.9. The van der Waals surface area contributed by atoms with Crippen LogP contribution in [0.25, 0.3) is 55.3 Å². The van der Waals surface area contributed by atoms with E-state index in [1.165, 1.54) is 111 Å². The van der Waals surface area contributed by atoms with Gasteiger partial charge in [-0.3, -0.25) is 0 Å². The van der Waals surface area contributed by atoms with Crippen molar-refractivity contribution in [3.8, 4) is 44.5 Å². The molecule has 0 aromatic heterocycles. The number of hydrogen-bond acceptors (Lipinski definition) is 1. The lowest BCUT2D eigenvalue weighted by atomic mass is 9.70. The van der Waals surface area contributed by atoms with Gasteiger partial charge in [0.15, 0.2) is 0 Å². The van der Waals surface area contributed by atoms with Crippen molar-refractivity contribution in [3.63, 3.8) is 0 Å². The van der Waals surface area contributed by atoms with Crippen LogP contribution in [0.5, 0.6) is 0 Å². The number of rotatable bonds is 4. The molecule has 12 rings (SSSR count). The zero-order chi connectivity index (χ0) is 39.6. The van der Waals surface area contributed by atoms with Crippen LogP contribution in [-0.4, -0.2) is 0 Å². The summed E-state index contributed by atoms with van der Waals surface area (Å²) in [5.74, 6) is 0. The van der Waals surface area contributed by atoms with Crippen LogP contribution >= 0.6 is 0 Å². The molecule has 0 unspecified atom stereocenters. The molecule has 0 N–H and O–H groups in total. The fourth-order valence-electron chi connectivity index (χ4n) is 11.4. The zero-order valence-corrected chi connectivity index (χ0v) is 33.8. The molecule has 1 nitrogen and oxygen atoms in total. The molecule has 0 saturated heterocycles. The second kappa shape index (κ2) is 12.3. The summed E-state index contributed by atoms with van der Waals surface area (Å²) in [4.78, 5) is 2.56. The summed E-state index contributed by atoms with van der Waals surface area (Å²) < 4.78 is 0. The standard InChI is InChI=1S/C58H43N/c1-36-32-39(43-23-15-17-38-16-5-6-18-42(38)43)33-37(2)56(36)59(40-28-30-48-44-19-7-11-24-50(44)57(3,4)54(48)34-40)41-29-31-49-47-22-10-14-27-53(47)58(55(49)35-41)51-25-12-8-20-45(51)46-21-9-13-26-52(46)58/h5-35H,1-4H3. The van der Waals surface area contributed by atoms with Gasteiger partial charge in [-0.2, -0.15) is 0 Å². The van der Waals surface area contributed by atoms with Gasteiger partial charge in [-0.1, -0.05) is 166 Å². The molecule has 3 aliphatic carbocycles. The molecule has 1 spiro atoms. The molecule has 59 heavy (non-hydrogen) atoms. The van der Waals surface area contributed by atoms with Crippen molar-refractivity contribution in [1.82, 2.24) is 0 Å². The molecule has 3 aliphatic rings. The van der Waals surface area contributed by atoms with Crippen molar-refractivity contribution in [2.75, 3.05) is 4.90 Å². The van der Waals surface area contributed by atoms with Gasteiger partial charge in [0.05, 0.1) is 11.1 Å². The highest BCUT2D eigenvalue weighted by atomic mass is 15.1. The van der Waals surface area contributed by atoms with Gasteiger partial charge in [0.1, 0.15) is 0 Å². The van der Waals surface area contributed by atoms with Gasteiger partial charge in [-0.15, -0.1) is 0 Å². The summed E-state index contributed by atoms with van der Waals surface area (Å²) in [7, 11) is 0. The first-order chi connectivity index (χ1) is 28.9. The third-order valence-corrected chi connectivity index (χ3v) is 13.9. The van der Waals surface area contributed by atoms with Crippen molar-refractivity contribution in [2.45, 2.75) is 38.5 Å². The first-order valence-electron chi connectivity index (χ1n) is 20.9. The molecule has 0 amide bonds. The van der Waals surface area contributed by atoms with Gasteiger partial charge in [-0.25, -0.2) is 0 Å². The minimum absolute atomic E-state index is 0.128. The molecule has 0 heterocycles. The third kappa shape index (κ3) is 4.56. The van der Waals surface area contributed by atoms with Crippen molar-refractivity contribution in [1.29, 1.82) is 0 Å². The average Bonchev–Trinajstić information content (AvgIpc) is 3.83. The molecule has 9 aromatic rings.